The molecule has 0 aliphatic heterocycles. The van der Waals surface area contributed by atoms with Crippen LogP contribution in [0.5, 0.6) is 0 Å². The number of amides is 2. The lowest BCUT2D eigenvalue weighted by Crippen LogP contribution is -2.27. The Labute approximate surface area is 175 Å². The molecular weight excluding hydrogens is 380 g/mol. The third-order valence-electron chi connectivity index (χ3n) is 5.30. The van der Waals surface area contributed by atoms with Gasteiger partial charge in [-0.2, -0.15) is 0 Å². The standard InChI is InChI=1S/C22H26N6O2/c1-27(2)13-20(29)25-17-9-5-6-10-18(17)26-22(30)15-11-19-21(23-12-15)28(14-24-19)16-7-3-4-8-16/h5-6,9-12,14,16H,3-4,7-8,13H2,1-2H3,(H,25,29)(H,26,30). The molecule has 1 aliphatic rings. The Hall–Kier alpha value is -3.26. The minimum Gasteiger partial charge on any atom is -0.323 e. The Morgan fingerprint density at radius 2 is 1.80 bits per heavy atom. The maximum Gasteiger partial charge on any atom is 0.257 e. The van der Waals surface area contributed by atoms with Gasteiger partial charge in [-0.3, -0.25) is 9.59 Å². The second-order valence-electron chi connectivity index (χ2n) is 7.94. The van der Waals surface area contributed by atoms with Gasteiger partial charge in [0.25, 0.3) is 5.91 Å². The van der Waals surface area contributed by atoms with E-state index in [4.69, 9.17) is 0 Å². The van der Waals surface area contributed by atoms with E-state index in [1.165, 1.54) is 12.8 Å². The van der Waals surface area contributed by atoms with Crippen LogP contribution in [0.2, 0.25) is 0 Å². The zero-order valence-corrected chi connectivity index (χ0v) is 17.3. The first-order valence-electron chi connectivity index (χ1n) is 10.2. The van der Waals surface area contributed by atoms with Crippen molar-refractivity contribution in [2.75, 3.05) is 31.3 Å². The Balaban J connectivity index is 1.51. The molecule has 2 aromatic heterocycles. The molecule has 1 aliphatic carbocycles. The van der Waals surface area contributed by atoms with Crippen LogP contribution in [-0.2, 0) is 4.79 Å². The Morgan fingerprint density at radius 3 is 2.50 bits per heavy atom. The van der Waals surface area contributed by atoms with E-state index in [1.54, 1.807) is 29.3 Å². The molecule has 0 bridgehead atoms. The maximum atomic E-state index is 12.8. The SMILES string of the molecule is CN(C)CC(=O)Nc1ccccc1NC(=O)c1cnc2c(c1)ncn2C1CCCC1. The van der Waals surface area contributed by atoms with E-state index >= 15 is 0 Å². The van der Waals surface area contributed by atoms with E-state index in [-0.39, 0.29) is 18.4 Å². The number of rotatable bonds is 6. The Bertz CT molecular complexity index is 1070. The smallest absolute Gasteiger partial charge is 0.257 e. The van der Waals surface area contributed by atoms with E-state index in [1.807, 2.05) is 32.6 Å². The number of hydrogen-bond donors (Lipinski definition) is 2. The van der Waals surface area contributed by atoms with Crippen molar-refractivity contribution in [3.05, 3.63) is 48.4 Å². The van der Waals surface area contributed by atoms with Gasteiger partial charge in [0.2, 0.25) is 5.91 Å². The van der Waals surface area contributed by atoms with Gasteiger partial charge in [0.1, 0.15) is 5.52 Å². The highest BCUT2D eigenvalue weighted by Crippen LogP contribution is 2.31. The average molecular weight is 406 g/mol. The minimum atomic E-state index is -0.297. The molecule has 0 unspecified atom stereocenters. The number of para-hydroxylation sites is 2. The molecular formula is C22H26N6O2. The lowest BCUT2D eigenvalue weighted by Gasteiger charge is -2.14. The summed E-state index contributed by atoms with van der Waals surface area (Å²) in [5, 5.41) is 5.71. The van der Waals surface area contributed by atoms with Crippen LogP contribution in [0.3, 0.4) is 0 Å². The predicted molar refractivity (Wildman–Crippen MR) is 117 cm³/mol. The molecule has 30 heavy (non-hydrogen) atoms. The highest BCUT2D eigenvalue weighted by atomic mass is 16.2. The number of hydrogen-bond acceptors (Lipinski definition) is 5. The van der Waals surface area contributed by atoms with Crippen LogP contribution < -0.4 is 10.6 Å². The van der Waals surface area contributed by atoms with Gasteiger partial charge in [-0.25, -0.2) is 9.97 Å². The number of anilines is 2. The van der Waals surface area contributed by atoms with Gasteiger partial charge in [-0.1, -0.05) is 25.0 Å². The molecule has 156 valence electrons. The third-order valence-corrected chi connectivity index (χ3v) is 5.30. The molecule has 3 aromatic rings. The van der Waals surface area contributed by atoms with Gasteiger partial charge in [0.05, 0.1) is 29.8 Å². The van der Waals surface area contributed by atoms with Crippen molar-refractivity contribution in [3.63, 3.8) is 0 Å². The second kappa shape index (κ2) is 8.62. The van der Waals surface area contributed by atoms with E-state index in [9.17, 15) is 9.59 Å². The summed E-state index contributed by atoms with van der Waals surface area (Å²) in [4.78, 5) is 35.7. The van der Waals surface area contributed by atoms with Crippen molar-refractivity contribution in [2.24, 2.45) is 0 Å². The summed E-state index contributed by atoms with van der Waals surface area (Å²) in [5.41, 5.74) is 3.04. The first-order valence-corrected chi connectivity index (χ1v) is 10.2. The minimum absolute atomic E-state index is 0.151. The van der Waals surface area contributed by atoms with Crippen LogP contribution in [-0.4, -0.2) is 51.9 Å². The quantitative estimate of drug-likeness (QED) is 0.655. The second-order valence-corrected chi connectivity index (χ2v) is 7.94. The number of carbonyl (C=O) groups is 2. The van der Waals surface area contributed by atoms with Crippen LogP contribution in [0.15, 0.2) is 42.9 Å². The fourth-order valence-electron chi connectivity index (χ4n) is 3.87. The Morgan fingerprint density at radius 1 is 1.10 bits per heavy atom. The van der Waals surface area contributed by atoms with Gasteiger partial charge in [-0.15, -0.1) is 0 Å². The predicted octanol–water partition coefficient (Wildman–Crippen LogP) is 3.30. The largest absolute Gasteiger partial charge is 0.323 e. The van der Waals surface area contributed by atoms with Gasteiger partial charge in [-0.05, 0) is 45.1 Å². The summed E-state index contributed by atoms with van der Waals surface area (Å²) in [7, 11) is 3.65. The summed E-state index contributed by atoms with van der Waals surface area (Å²) in [6.45, 7) is 0.256. The van der Waals surface area contributed by atoms with E-state index < -0.39 is 0 Å². The Kier molecular flexibility index (Phi) is 5.76. The molecule has 1 fully saturated rings. The fraction of sp³-hybridized carbons (Fsp3) is 0.364. The topological polar surface area (TPSA) is 92.2 Å². The average Bonchev–Trinajstić information content (AvgIpc) is 3.37. The van der Waals surface area contributed by atoms with Crippen molar-refractivity contribution < 1.29 is 9.59 Å². The van der Waals surface area contributed by atoms with Crippen molar-refractivity contribution >= 4 is 34.4 Å². The van der Waals surface area contributed by atoms with Gasteiger partial charge in [0.15, 0.2) is 5.65 Å². The van der Waals surface area contributed by atoms with Gasteiger partial charge < -0.3 is 20.1 Å². The summed E-state index contributed by atoms with van der Waals surface area (Å²) >= 11 is 0. The highest BCUT2D eigenvalue weighted by Gasteiger charge is 2.20. The zero-order chi connectivity index (χ0) is 21.1. The summed E-state index contributed by atoms with van der Waals surface area (Å²) in [6, 6.07) is 9.33. The number of fused-ring (bicyclic) bond motifs is 1. The first-order chi connectivity index (χ1) is 14.5. The van der Waals surface area contributed by atoms with Crippen molar-refractivity contribution in [2.45, 2.75) is 31.7 Å². The third kappa shape index (κ3) is 4.33. The number of pyridine rings is 1. The summed E-state index contributed by atoms with van der Waals surface area (Å²) < 4.78 is 2.12. The molecule has 2 N–H and O–H groups in total. The van der Waals surface area contributed by atoms with E-state index in [2.05, 4.69) is 25.2 Å². The molecule has 2 heterocycles. The molecule has 2 amide bonds. The first kappa shape index (κ1) is 20.0. The number of imidazole rings is 1. The number of nitrogens with zero attached hydrogens (tertiary/aromatic N) is 4. The van der Waals surface area contributed by atoms with Crippen LogP contribution >= 0.6 is 0 Å². The lowest BCUT2D eigenvalue weighted by atomic mass is 10.2. The molecule has 8 nitrogen and oxygen atoms in total. The number of aromatic nitrogens is 3. The molecule has 1 saturated carbocycles. The van der Waals surface area contributed by atoms with E-state index in [0.717, 1.165) is 18.5 Å². The molecule has 0 atom stereocenters. The maximum absolute atomic E-state index is 12.8. The normalized spacial score (nSPS) is 14.4. The molecule has 4 rings (SSSR count). The van der Waals surface area contributed by atoms with Crippen molar-refractivity contribution in [1.82, 2.24) is 19.4 Å². The lowest BCUT2D eigenvalue weighted by molar-refractivity contribution is -0.116. The van der Waals surface area contributed by atoms with Gasteiger partial charge >= 0.3 is 0 Å². The van der Waals surface area contributed by atoms with Crippen molar-refractivity contribution in [3.8, 4) is 0 Å². The molecule has 1 aromatic carbocycles. The summed E-state index contributed by atoms with van der Waals surface area (Å²) in [6.07, 6.45) is 8.16. The number of likely N-dealkylation sites (N-methyl/N-ethyl adjacent to an activating group) is 1. The van der Waals surface area contributed by atoms with Crippen LogP contribution in [0.25, 0.3) is 11.2 Å². The van der Waals surface area contributed by atoms with Crippen LogP contribution in [0.1, 0.15) is 42.1 Å². The molecule has 0 radical (unpaired) electrons. The molecule has 8 heteroatoms. The van der Waals surface area contributed by atoms with Gasteiger partial charge in [0, 0.05) is 12.2 Å². The fourth-order valence-corrected chi connectivity index (χ4v) is 3.87. The zero-order valence-electron chi connectivity index (χ0n) is 17.3. The molecule has 0 saturated heterocycles. The number of benzene rings is 1. The number of carbonyl (C=O) groups excluding carboxylic acids is 2. The number of nitrogens with one attached hydrogen (secondary N) is 2. The highest BCUT2D eigenvalue weighted by molar-refractivity contribution is 6.08. The molecule has 0 spiro atoms. The van der Waals surface area contributed by atoms with Crippen LogP contribution in [0.4, 0.5) is 11.4 Å². The van der Waals surface area contributed by atoms with E-state index in [0.29, 0.717) is 28.5 Å². The van der Waals surface area contributed by atoms with Crippen LogP contribution in [0, 0.1) is 0 Å². The summed E-state index contributed by atoms with van der Waals surface area (Å²) in [5.74, 6) is -0.448. The monoisotopic (exact) mass is 406 g/mol. The van der Waals surface area contributed by atoms with Crippen molar-refractivity contribution in [1.29, 1.82) is 0 Å².